The van der Waals surface area contributed by atoms with Gasteiger partial charge < -0.3 is 10.2 Å². The van der Waals surface area contributed by atoms with Crippen LogP contribution < -0.4 is 5.32 Å². The minimum atomic E-state index is -0.0718. The normalized spacial score (nSPS) is 13.9. The third kappa shape index (κ3) is 3.94. The fourth-order valence-electron chi connectivity index (χ4n) is 2.29. The average Bonchev–Trinajstić information content (AvgIpc) is 3.18. The van der Waals surface area contributed by atoms with E-state index >= 15 is 0 Å². The van der Waals surface area contributed by atoms with Crippen LogP contribution in [0.2, 0.25) is 10.0 Å². The van der Waals surface area contributed by atoms with Crippen LogP contribution in [0.4, 0.5) is 10.5 Å². The van der Waals surface area contributed by atoms with E-state index in [1.54, 1.807) is 29.5 Å². The molecule has 22 heavy (non-hydrogen) atoms. The van der Waals surface area contributed by atoms with Crippen LogP contribution in [-0.4, -0.2) is 23.5 Å². The molecule has 0 aliphatic heterocycles. The summed E-state index contributed by atoms with van der Waals surface area (Å²) in [6.07, 6.45) is 3.06. The van der Waals surface area contributed by atoms with Gasteiger partial charge in [-0.25, -0.2) is 4.79 Å². The minimum absolute atomic E-state index is 0.0718. The fraction of sp³-hybridized carbons (Fsp3) is 0.312. The van der Waals surface area contributed by atoms with Gasteiger partial charge in [-0.15, -0.1) is 11.3 Å². The van der Waals surface area contributed by atoms with Gasteiger partial charge in [-0.2, -0.15) is 0 Å². The molecule has 0 unspecified atom stereocenters. The Balaban J connectivity index is 1.63. The van der Waals surface area contributed by atoms with Crippen LogP contribution in [0.5, 0.6) is 0 Å². The highest BCUT2D eigenvalue weighted by Crippen LogP contribution is 2.29. The number of amides is 2. The molecule has 0 radical (unpaired) electrons. The van der Waals surface area contributed by atoms with Crippen LogP contribution in [0.25, 0.3) is 0 Å². The zero-order valence-electron chi connectivity index (χ0n) is 11.9. The Labute approximate surface area is 143 Å². The van der Waals surface area contributed by atoms with E-state index in [0.717, 1.165) is 25.8 Å². The number of carbonyl (C=O) groups is 1. The van der Waals surface area contributed by atoms with Crippen molar-refractivity contribution in [3.05, 3.63) is 50.6 Å². The van der Waals surface area contributed by atoms with E-state index in [9.17, 15) is 4.79 Å². The van der Waals surface area contributed by atoms with Gasteiger partial charge >= 0.3 is 6.03 Å². The number of nitrogens with one attached hydrogen (secondary N) is 1. The van der Waals surface area contributed by atoms with Crippen molar-refractivity contribution in [3.8, 4) is 0 Å². The van der Waals surface area contributed by atoms with Crippen molar-refractivity contribution in [1.29, 1.82) is 0 Å². The second kappa shape index (κ2) is 6.90. The van der Waals surface area contributed by atoms with Crippen LogP contribution in [-0.2, 0) is 6.42 Å². The van der Waals surface area contributed by atoms with Gasteiger partial charge in [0.1, 0.15) is 0 Å². The first-order valence-corrected chi connectivity index (χ1v) is 8.82. The van der Waals surface area contributed by atoms with Gasteiger partial charge in [-0.05, 0) is 48.9 Å². The number of nitrogens with zero attached hydrogens (tertiary/aromatic N) is 1. The quantitative estimate of drug-likeness (QED) is 0.776. The predicted octanol–water partition coefficient (Wildman–Crippen LogP) is 5.29. The molecule has 116 valence electrons. The van der Waals surface area contributed by atoms with Gasteiger partial charge in [0.05, 0.1) is 10.0 Å². The first-order chi connectivity index (χ1) is 10.6. The molecule has 1 N–H and O–H groups in total. The summed E-state index contributed by atoms with van der Waals surface area (Å²) in [6.45, 7) is 0.734. The smallest absolute Gasteiger partial charge is 0.321 e. The summed E-state index contributed by atoms with van der Waals surface area (Å²) in [5.41, 5.74) is 0.668. The van der Waals surface area contributed by atoms with E-state index in [0.29, 0.717) is 21.8 Å². The van der Waals surface area contributed by atoms with Crippen LogP contribution >= 0.6 is 34.5 Å². The van der Waals surface area contributed by atoms with E-state index in [1.807, 2.05) is 11.0 Å². The van der Waals surface area contributed by atoms with Gasteiger partial charge in [0.15, 0.2) is 0 Å². The highest BCUT2D eigenvalue weighted by molar-refractivity contribution is 7.09. The molecule has 0 saturated heterocycles. The molecular formula is C16H16Cl2N2OS. The van der Waals surface area contributed by atoms with Gasteiger partial charge in [-0.1, -0.05) is 29.3 Å². The maximum atomic E-state index is 12.5. The monoisotopic (exact) mass is 354 g/mol. The van der Waals surface area contributed by atoms with Crippen LogP contribution in [0, 0.1) is 0 Å². The van der Waals surface area contributed by atoms with Gasteiger partial charge in [0.25, 0.3) is 0 Å². The Hall–Kier alpha value is -1.23. The summed E-state index contributed by atoms with van der Waals surface area (Å²) in [5.74, 6) is 0. The van der Waals surface area contributed by atoms with Crippen molar-refractivity contribution in [2.45, 2.75) is 25.3 Å². The molecule has 1 aromatic carbocycles. The molecule has 0 spiro atoms. The SMILES string of the molecule is O=C(Nc1ccc(Cl)c(Cl)c1)N(CCc1cccs1)C1CC1. The summed E-state index contributed by atoms with van der Waals surface area (Å²) in [7, 11) is 0. The molecule has 1 aliphatic carbocycles. The predicted molar refractivity (Wildman–Crippen MR) is 93.2 cm³/mol. The Morgan fingerprint density at radius 1 is 1.27 bits per heavy atom. The molecule has 6 heteroatoms. The van der Waals surface area contributed by atoms with Crippen LogP contribution in [0.1, 0.15) is 17.7 Å². The second-order valence-electron chi connectivity index (χ2n) is 5.31. The van der Waals surface area contributed by atoms with E-state index in [-0.39, 0.29) is 6.03 Å². The molecule has 0 atom stereocenters. The largest absolute Gasteiger partial charge is 0.322 e. The first-order valence-electron chi connectivity index (χ1n) is 7.18. The van der Waals surface area contributed by atoms with Crippen LogP contribution in [0.15, 0.2) is 35.7 Å². The average molecular weight is 355 g/mol. The zero-order chi connectivity index (χ0) is 15.5. The van der Waals surface area contributed by atoms with Crippen molar-refractivity contribution in [2.24, 2.45) is 0 Å². The summed E-state index contributed by atoms with van der Waals surface area (Å²) in [6, 6.07) is 9.55. The second-order valence-corrected chi connectivity index (χ2v) is 7.16. The fourth-order valence-corrected chi connectivity index (χ4v) is 3.29. The molecule has 1 saturated carbocycles. The number of hydrogen-bond acceptors (Lipinski definition) is 2. The lowest BCUT2D eigenvalue weighted by molar-refractivity contribution is 0.209. The Kier molecular flexibility index (Phi) is 4.91. The number of thiophene rings is 1. The lowest BCUT2D eigenvalue weighted by Crippen LogP contribution is -2.38. The number of hydrogen-bond donors (Lipinski definition) is 1. The lowest BCUT2D eigenvalue weighted by Gasteiger charge is -2.22. The van der Waals surface area contributed by atoms with Crippen molar-refractivity contribution in [1.82, 2.24) is 4.90 Å². The minimum Gasteiger partial charge on any atom is -0.321 e. The molecule has 3 nitrogen and oxygen atoms in total. The highest BCUT2D eigenvalue weighted by Gasteiger charge is 2.32. The summed E-state index contributed by atoms with van der Waals surface area (Å²) < 4.78 is 0. The number of anilines is 1. The molecule has 1 aliphatic rings. The number of halogens is 2. The van der Waals surface area contributed by atoms with Gasteiger partial charge in [0.2, 0.25) is 0 Å². The van der Waals surface area contributed by atoms with E-state index in [1.165, 1.54) is 4.88 Å². The maximum absolute atomic E-state index is 12.5. The van der Waals surface area contributed by atoms with Crippen molar-refractivity contribution in [3.63, 3.8) is 0 Å². The van der Waals surface area contributed by atoms with Crippen molar-refractivity contribution >= 4 is 46.3 Å². The van der Waals surface area contributed by atoms with E-state index < -0.39 is 0 Å². The third-order valence-corrected chi connectivity index (χ3v) is 5.27. The number of rotatable bonds is 5. The third-order valence-electron chi connectivity index (χ3n) is 3.60. The zero-order valence-corrected chi connectivity index (χ0v) is 14.2. The molecule has 2 aromatic rings. The maximum Gasteiger partial charge on any atom is 0.322 e. The topological polar surface area (TPSA) is 32.3 Å². The molecule has 1 fully saturated rings. The summed E-state index contributed by atoms with van der Waals surface area (Å²) in [4.78, 5) is 15.7. The Morgan fingerprint density at radius 3 is 2.73 bits per heavy atom. The molecule has 1 aromatic heterocycles. The molecule has 0 bridgehead atoms. The molecular weight excluding hydrogens is 339 g/mol. The number of carbonyl (C=O) groups excluding carboxylic acids is 1. The molecule has 1 heterocycles. The van der Waals surface area contributed by atoms with Gasteiger partial charge in [-0.3, -0.25) is 0 Å². The van der Waals surface area contributed by atoms with Crippen molar-refractivity contribution < 1.29 is 4.79 Å². The Morgan fingerprint density at radius 2 is 2.09 bits per heavy atom. The van der Waals surface area contributed by atoms with E-state index in [4.69, 9.17) is 23.2 Å². The van der Waals surface area contributed by atoms with Gasteiger partial charge in [0, 0.05) is 23.2 Å². The molecule has 3 rings (SSSR count). The number of benzene rings is 1. The lowest BCUT2D eigenvalue weighted by atomic mass is 10.3. The van der Waals surface area contributed by atoms with Crippen LogP contribution in [0.3, 0.4) is 0 Å². The van der Waals surface area contributed by atoms with E-state index in [2.05, 4.69) is 16.8 Å². The van der Waals surface area contributed by atoms with Crippen molar-refractivity contribution in [2.75, 3.05) is 11.9 Å². The summed E-state index contributed by atoms with van der Waals surface area (Å²) in [5, 5.41) is 5.89. The standard InChI is InChI=1S/C16H16Cl2N2OS/c17-14-6-3-11(10-15(14)18)19-16(21)20(12-4-5-12)8-7-13-2-1-9-22-13/h1-3,6,9-10,12H,4-5,7-8H2,(H,19,21). The summed E-state index contributed by atoms with van der Waals surface area (Å²) >= 11 is 13.6. The first kappa shape index (κ1) is 15.7. The highest BCUT2D eigenvalue weighted by atomic mass is 35.5. The molecule has 2 amide bonds. The Bertz CT molecular complexity index is 656. The number of urea groups is 1.